The van der Waals surface area contributed by atoms with Crippen LogP contribution < -0.4 is 5.32 Å². The number of hydrogen-bond donors (Lipinski definition) is 1. The molecule has 134 valence electrons. The van der Waals surface area contributed by atoms with Gasteiger partial charge in [0.1, 0.15) is 11.5 Å². The second-order valence-corrected chi connectivity index (χ2v) is 5.87. The zero-order valence-electron chi connectivity index (χ0n) is 13.8. The summed E-state index contributed by atoms with van der Waals surface area (Å²) in [6.45, 7) is 0. The van der Waals surface area contributed by atoms with Crippen molar-refractivity contribution in [3.63, 3.8) is 0 Å². The quantitative estimate of drug-likeness (QED) is 0.572. The molecule has 27 heavy (non-hydrogen) atoms. The predicted molar refractivity (Wildman–Crippen MR) is 94.9 cm³/mol. The average Bonchev–Trinajstić information content (AvgIpc) is 3.07. The van der Waals surface area contributed by atoms with Gasteiger partial charge < -0.3 is 9.72 Å². The number of nitrogens with zero attached hydrogens (tertiary/aromatic N) is 2. The van der Waals surface area contributed by atoms with E-state index in [-0.39, 0.29) is 5.56 Å². The molecule has 0 saturated carbocycles. The van der Waals surface area contributed by atoms with E-state index in [0.717, 1.165) is 12.1 Å². The fraction of sp³-hybridized carbons (Fsp3) is 0. The molecule has 7 heteroatoms. The van der Waals surface area contributed by atoms with Gasteiger partial charge in [0, 0.05) is 18.0 Å². The van der Waals surface area contributed by atoms with Gasteiger partial charge in [-0.25, -0.2) is 18.2 Å². The summed E-state index contributed by atoms with van der Waals surface area (Å²) in [4.78, 5) is 16.6. The van der Waals surface area contributed by atoms with Crippen molar-refractivity contribution < 1.29 is 18.0 Å². The molecule has 0 atom stereocenters. The van der Waals surface area contributed by atoms with Crippen molar-refractivity contribution >= 4 is 17.2 Å². The van der Waals surface area contributed by atoms with E-state index in [9.17, 15) is 18.0 Å². The Bertz CT molecular complexity index is 1170. The van der Waals surface area contributed by atoms with Gasteiger partial charge in [0.15, 0.2) is 11.6 Å². The highest BCUT2D eigenvalue weighted by atomic mass is 19.2. The van der Waals surface area contributed by atoms with Gasteiger partial charge in [-0.15, -0.1) is 0 Å². The van der Waals surface area contributed by atoms with Crippen molar-refractivity contribution in [3.8, 4) is 11.3 Å². The topological polar surface area (TPSA) is 46.4 Å². The van der Waals surface area contributed by atoms with Crippen molar-refractivity contribution in [3.05, 3.63) is 90.0 Å². The van der Waals surface area contributed by atoms with Crippen molar-refractivity contribution in [2.24, 2.45) is 0 Å². The average molecular weight is 367 g/mol. The Morgan fingerprint density at radius 3 is 2.48 bits per heavy atom. The third kappa shape index (κ3) is 3.27. The number of imidazole rings is 1. The highest BCUT2D eigenvalue weighted by Gasteiger charge is 2.12. The second kappa shape index (κ2) is 6.60. The first-order valence-corrected chi connectivity index (χ1v) is 8.01. The van der Waals surface area contributed by atoms with E-state index in [4.69, 9.17) is 0 Å². The van der Waals surface area contributed by atoms with Crippen molar-refractivity contribution in [2.45, 2.75) is 0 Å². The number of halogens is 3. The Kier molecular flexibility index (Phi) is 4.12. The lowest BCUT2D eigenvalue weighted by molar-refractivity contribution is 0.102. The first-order valence-electron chi connectivity index (χ1n) is 8.01. The fourth-order valence-electron chi connectivity index (χ4n) is 2.70. The molecule has 0 aliphatic rings. The van der Waals surface area contributed by atoms with Crippen molar-refractivity contribution in [1.82, 2.24) is 9.38 Å². The third-order valence-electron chi connectivity index (χ3n) is 4.04. The summed E-state index contributed by atoms with van der Waals surface area (Å²) in [6.07, 6.45) is 3.23. The van der Waals surface area contributed by atoms with E-state index in [1.54, 1.807) is 35.0 Å². The van der Waals surface area contributed by atoms with E-state index in [0.29, 0.717) is 22.6 Å². The van der Waals surface area contributed by atoms with Gasteiger partial charge in [0.25, 0.3) is 5.91 Å². The molecule has 0 fully saturated rings. The fourth-order valence-corrected chi connectivity index (χ4v) is 2.70. The molecule has 1 amide bonds. The van der Waals surface area contributed by atoms with E-state index >= 15 is 0 Å². The number of anilines is 1. The lowest BCUT2D eigenvalue weighted by Gasteiger charge is -2.06. The number of aromatic nitrogens is 2. The molecule has 0 saturated heterocycles. The molecule has 0 aliphatic heterocycles. The summed E-state index contributed by atoms with van der Waals surface area (Å²) in [5.74, 6) is -3.07. The lowest BCUT2D eigenvalue weighted by atomic mass is 10.1. The minimum absolute atomic E-state index is 0.0642. The zero-order chi connectivity index (χ0) is 19.0. The van der Waals surface area contributed by atoms with Crippen LogP contribution in [0.3, 0.4) is 0 Å². The minimum atomic E-state index is -0.956. The molecule has 0 unspecified atom stereocenters. The Labute approximate surface area is 151 Å². The molecule has 0 aliphatic carbocycles. The van der Waals surface area contributed by atoms with Gasteiger partial charge in [-0.3, -0.25) is 4.79 Å². The Hall–Kier alpha value is -3.61. The van der Waals surface area contributed by atoms with Crippen LogP contribution in [0.25, 0.3) is 16.9 Å². The number of carbonyl (C=O) groups excluding carboxylic acids is 1. The van der Waals surface area contributed by atoms with E-state index in [1.807, 2.05) is 0 Å². The lowest BCUT2D eigenvalue weighted by Crippen LogP contribution is -2.13. The van der Waals surface area contributed by atoms with E-state index < -0.39 is 23.4 Å². The predicted octanol–water partition coefficient (Wildman–Crippen LogP) is 4.67. The van der Waals surface area contributed by atoms with Crippen LogP contribution in [-0.2, 0) is 0 Å². The maximum atomic E-state index is 13.7. The number of carbonyl (C=O) groups is 1. The molecule has 1 N–H and O–H groups in total. The highest BCUT2D eigenvalue weighted by Crippen LogP contribution is 2.22. The summed E-state index contributed by atoms with van der Waals surface area (Å²) >= 11 is 0. The molecular formula is C20H12F3N3O. The Morgan fingerprint density at radius 2 is 1.70 bits per heavy atom. The Balaban J connectivity index is 1.64. The number of nitrogens with one attached hydrogen (secondary N) is 1. The molecule has 4 rings (SSSR count). The van der Waals surface area contributed by atoms with Gasteiger partial charge in [0.2, 0.25) is 0 Å². The SMILES string of the molecule is O=C(Nc1ccc2nc(-c3ccc(F)c(F)c3)cn2c1)c1ccccc1F. The van der Waals surface area contributed by atoms with E-state index in [2.05, 4.69) is 10.3 Å². The molecule has 2 aromatic carbocycles. The monoisotopic (exact) mass is 367 g/mol. The number of rotatable bonds is 3. The van der Waals surface area contributed by atoms with Crippen LogP contribution in [0, 0.1) is 17.5 Å². The van der Waals surface area contributed by atoms with Gasteiger partial charge in [-0.1, -0.05) is 12.1 Å². The number of fused-ring (bicyclic) bond motifs is 1. The largest absolute Gasteiger partial charge is 0.321 e. The number of amides is 1. The van der Waals surface area contributed by atoms with Gasteiger partial charge >= 0.3 is 0 Å². The second-order valence-electron chi connectivity index (χ2n) is 5.87. The summed E-state index contributed by atoms with van der Waals surface area (Å²) in [7, 11) is 0. The van der Waals surface area contributed by atoms with Crippen LogP contribution in [0.2, 0.25) is 0 Å². The smallest absolute Gasteiger partial charge is 0.258 e. The summed E-state index contributed by atoms with van der Waals surface area (Å²) in [5, 5.41) is 2.62. The maximum Gasteiger partial charge on any atom is 0.258 e. The van der Waals surface area contributed by atoms with Gasteiger partial charge in [0.05, 0.1) is 16.9 Å². The van der Waals surface area contributed by atoms with Crippen LogP contribution in [0.1, 0.15) is 10.4 Å². The molecule has 2 aromatic heterocycles. The first kappa shape index (κ1) is 16.8. The van der Waals surface area contributed by atoms with Crippen LogP contribution in [0.5, 0.6) is 0 Å². The van der Waals surface area contributed by atoms with Crippen LogP contribution in [-0.4, -0.2) is 15.3 Å². The molecule has 2 heterocycles. The number of pyridine rings is 1. The molecule has 4 aromatic rings. The van der Waals surface area contributed by atoms with Crippen molar-refractivity contribution in [1.29, 1.82) is 0 Å². The summed E-state index contributed by atoms with van der Waals surface area (Å²) in [6, 6.07) is 12.5. The molecular weight excluding hydrogens is 355 g/mol. The van der Waals surface area contributed by atoms with Crippen LogP contribution >= 0.6 is 0 Å². The van der Waals surface area contributed by atoms with E-state index in [1.165, 1.54) is 24.3 Å². The standard InChI is InChI=1S/C20H12F3N3O/c21-15-4-2-1-3-14(15)20(27)24-13-6-8-19-25-18(11-26(19)10-13)12-5-7-16(22)17(23)9-12/h1-11H,(H,24,27). The van der Waals surface area contributed by atoms with Crippen molar-refractivity contribution in [2.75, 3.05) is 5.32 Å². The third-order valence-corrected chi connectivity index (χ3v) is 4.04. The molecule has 4 nitrogen and oxygen atoms in total. The number of hydrogen-bond acceptors (Lipinski definition) is 2. The first-order chi connectivity index (χ1) is 13.0. The summed E-state index contributed by atoms with van der Waals surface area (Å²) in [5.41, 5.74) is 1.80. The van der Waals surface area contributed by atoms with Crippen LogP contribution in [0.15, 0.2) is 67.0 Å². The normalized spacial score (nSPS) is 10.9. The maximum absolute atomic E-state index is 13.7. The Morgan fingerprint density at radius 1 is 0.889 bits per heavy atom. The molecule has 0 radical (unpaired) electrons. The highest BCUT2D eigenvalue weighted by molar-refractivity contribution is 6.04. The van der Waals surface area contributed by atoms with Gasteiger partial charge in [-0.2, -0.15) is 0 Å². The zero-order valence-corrected chi connectivity index (χ0v) is 13.8. The van der Waals surface area contributed by atoms with Crippen LogP contribution in [0.4, 0.5) is 18.9 Å². The van der Waals surface area contributed by atoms with Gasteiger partial charge in [-0.05, 0) is 42.5 Å². The minimum Gasteiger partial charge on any atom is -0.321 e. The molecule has 0 bridgehead atoms. The molecule has 0 spiro atoms. The number of benzene rings is 2. The summed E-state index contributed by atoms with van der Waals surface area (Å²) < 4.78 is 41.9.